The Morgan fingerprint density at radius 1 is 1.32 bits per heavy atom. The van der Waals surface area contributed by atoms with Crippen LogP contribution in [0.15, 0.2) is 23.3 Å². The Morgan fingerprint density at radius 2 is 2.18 bits per heavy atom. The van der Waals surface area contributed by atoms with Crippen molar-refractivity contribution in [2.75, 3.05) is 71.5 Å². The molecule has 0 saturated carbocycles. The van der Waals surface area contributed by atoms with Crippen molar-refractivity contribution in [1.82, 2.24) is 20.5 Å². The highest BCUT2D eigenvalue weighted by Gasteiger charge is 2.18. The number of anilines is 1. The lowest BCUT2D eigenvalue weighted by Crippen LogP contribution is -2.45. The van der Waals surface area contributed by atoms with Gasteiger partial charge in [0.25, 0.3) is 0 Å². The molecule has 3 heterocycles. The van der Waals surface area contributed by atoms with Gasteiger partial charge in [0.2, 0.25) is 0 Å². The second-order valence-electron chi connectivity index (χ2n) is 7.34. The van der Waals surface area contributed by atoms with Gasteiger partial charge >= 0.3 is 0 Å². The molecular weight excluding hydrogens is 356 g/mol. The van der Waals surface area contributed by atoms with Crippen LogP contribution in [0.5, 0.6) is 0 Å². The van der Waals surface area contributed by atoms with Crippen molar-refractivity contribution in [2.45, 2.75) is 25.5 Å². The van der Waals surface area contributed by atoms with E-state index in [9.17, 15) is 0 Å². The van der Waals surface area contributed by atoms with Crippen LogP contribution >= 0.6 is 0 Å². The van der Waals surface area contributed by atoms with Crippen molar-refractivity contribution in [3.05, 3.63) is 23.9 Å². The van der Waals surface area contributed by atoms with E-state index in [2.05, 4.69) is 43.5 Å². The van der Waals surface area contributed by atoms with E-state index in [1.54, 1.807) is 7.05 Å². The summed E-state index contributed by atoms with van der Waals surface area (Å²) >= 11 is 0. The van der Waals surface area contributed by atoms with Gasteiger partial charge in [0.15, 0.2) is 5.96 Å². The van der Waals surface area contributed by atoms with E-state index in [1.165, 1.54) is 5.56 Å². The first kappa shape index (κ1) is 20.8. The molecule has 1 aromatic heterocycles. The van der Waals surface area contributed by atoms with Crippen molar-refractivity contribution in [2.24, 2.45) is 4.99 Å². The summed E-state index contributed by atoms with van der Waals surface area (Å²) in [5.41, 5.74) is 1.19. The smallest absolute Gasteiger partial charge is 0.191 e. The number of rotatable bonds is 8. The SMILES string of the molecule is CN=C(NCCCOC1CCOC1)NCc1cccnc1N1CCN(C)CC1. The molecule has 1 aromatic rings. The molecule has 0 aliphatic carbocycles. The first-order chi connectivity index (χ1) is 13.8. The minimum Gasteiger partial charge on any atom is -0.379 e. The fraction of sp³-hybridized carbons (Fsp3) is 0.700. The van der Waals surface area contributed by atoms with Crippen molar-refractivity contribution in [3.8, 4) is 0 Å². The van der Waals surface area contributed by atoms with Gasteiger partial charge in [-0.05, 0) is 26.0 Å². The van der Waals surface area contributed by atoms with Gasteiger partial charge in [-0.2, -0.15) is 0 Å². The van der Waals surface area contributed by atoms with E-state index in [0.717, 1.165) is 77.2 Å². The fourth-order valence-electron chi connectivity index (χ4n) is 3.44. The average molecular weight is 391 g/mol. The van der Waals surface area contributed by atoms with E-state index in [4.69, 9.17) is 9.47 Å². The highest BCUT2D eigenvalue weighted by Crippen LogP contribution is 2.18. The Labute approximate surface area is 168 Å². The predicted octanol–water partition coefficient (Wildman–Crippen LogP) is 0.694. The Bertz CT molecular complexity index is 612. The third-order valence-corrected chi connectivity index (χ3v) is 5.20. The summed E-state index contributed by atoms with van der Waals surface area (Å²) in [7, 11) is 3.97. The molecule has 8 heteroatoms. The molecule has 0 amide bonds. The summed E-state index contributed by atoms with van der Waals surface area (Å²) < 4.78 is 11.1. The van der Waals surface area contributed by atoms with Gasteiger partial charge in [0.05, 0.1) is 12.7 Å². The molecule has 1 unspecified atom stereocenters. The molecular formula is C20H34N6O2. The summed E-state index contributed by atoms with van der Waals surface area (Å²) in [6, 6.07) is 4.13. The predicted molar refractivity (Wildman–Crippen MR) is 112 cm³/mol. The Hall–Kier alpha value is -1.90. The maximum atomic E-state index is 5.80. The van der Waals surface area contributed by atoms with Gasteiger partial charge in [0, 0.05) is 71.3 Å². The number of aliphatic imine (C=N–C) groups is 1. The van der Waals surface area contributed by atoms with E-state index < -0.39 is 0 Å². The summed E-state index contributed by atoms with van der Waals surface area (Å²) in [5.74, 6) is 1.88. The largest absolute Gasteiger partial charge is 0.379 e. The molecule has 0 radical (unpaired) electrons. The number of nitrogens with one attached hydrogen (secondary N) is 2. The standard InChI is InChI=1S/C20H34N6O2/c1-21-20(23-8-4-13-28-18-6-14-27-16-18)24-15-17-5-3-7-22-19(17)26-11-9-25(2)10-12-26/h3,5,7,18H,4,6,8-16H2,1-2H3,(H2,21,23,24). The van der Waals surface area contributed by atoms with Gasteiger partial charge in [-0.1, -0.05) is 6.07 Å². The lowest BCUT2D eigenvalue weighted by Gasteiger charge is -2.34. The first-order valence-corrected chi connectivity index (χ1v) is 10.3. The number of piperazine rings is 1. The summed E-state index contributed by atoms with van der Waals surface area (Å²) in [6.07, 6.45) is 4.10. The molecule has 2 N–H and O–H groups in total. The maximum Gasteiger partial charge on any atom is 0.191 e. The first-order valence-electron chi connectivity index (χ1n) is 10.3. The molecule has 1 atom stereocenters. The second-order valence-corrected chi connectivity index (χ2v) is 7.34. The van der Waals surface area contributed by atoms with Crippen LogP contribution in [-0.2, 0) is 16.0 Å². The van der Waals surface area contributed by atoms with E-state index in [-0.39, 0.29) is 6.10 Å². The second kappa shape index (κ2) is 11.2. The van der Waals surface area contributed by atoms with Crippen LogP contribution in [0.2, 0.25) is 0 Å². The average Bonchev–Trinajstić information content (AvgIpc) is 3.24. The number of ether oxygens (including phenoxy) is 2. The van der Waals surface area contributed by atoms with Crippen molar-refractivity contribution >= 4 is 11.8 Å². The number of aromatic nitrogens is 1. The van der Waals surface area contributed by atoms with Crippen LogP contribution in [0.3, 0.4) is 0 Å². The van der Waals surface area contributed by atoms with Crippen LogP contribution in [0.25, 0.3) is 0 Å². The molecule has 28 heavy (non-hydrogen) atoms. The van der Waals surface area contributed by atoms with Crippen LogP contribution < -0.4 is 15.5 Å². The Kier molecular flexibility index (Phi) is 8.32. The summed E-state index contributed by atoms with van der Waals surface area (Å²) in [4.78, 5) is 13.7. The number of hydrogen-bond donors (Lipinski definition) is 2. The van der Waals surface area contributed by atoms with E-state index >= 15 is 0 Å². The molecule has 3 rings (SSSR count). The third kappa shape index (κ3) is 6.32. The Morgan fingerprint density at radius 3 is 2.93 bits per heavy atom. The third-order valence-electron chi connectivity index (χ3n) is 5.20. The van der Waals surface area contributed by atoms with Crippen molar-refractivity contribution in [1.29, 1.82) is 0 Å². The minimum absolute atomic E-state index is 0.274. The van der Waals surface area contributed by atoms with Crippen molar-refractivity contribution in [3.63, 3.8) is 0 Å². The zero-order valence-electron chi connectivity index (χ0n) is 17.2. The molecule has 2 fully saturated rings. The van der Waals surface area contributed by atoms with Crippen LogP contribution in [-0.4, -0.2) is 88.6 Å². The molecule has 2 aliphatic heterocycles. The highest BCUT2D eigenvalue weighted by atomic mass is 16.5. The van der Waals surface area contributed by atoms with E-state index in [1.807, 2.05) is 12.3 Å². The monoisotopic (exact) mass is 390 g/mol. The number of likely N-dealkylation sites (N-methyl/N-ethyl adjacent to an activating group) is 1. The number of nitrogens with zero attached hydrogens (tertiary/aromatic N) is 4. The normalized spacial score (nSPS) is 21.1. The molecule has 0 bridgehead atoms. The minimum atomic E-state index is 0.274. The van der Waals surface area contributed by atoms with E-state index in [0.29, 0.717) is 6.54 Å². The fourth-order valence-corrected chi connectivity index (χ4v) is 3.44. The van der Waals surface area contributed by atoms with Crippen LogP contribution in [0, 0.1) is 0 Å². The maximum absolute atomic E-state index is 5.80. The number of pyridine rings is 1. The number of guanidine groups is 1. The molecule has 2 aliphatic rings. The topological polar surface area (TPSA) is 74.2 Å². The van der Waals surface area contributed by atoms with Crippen molar-refractivity contribution < 1.29 is 9.47 Å². The lowest BCUT2D eigenvalue weighted by molar-refractivity contribution is 0.0420. The van der Waals surface area contributed by atoms with Gasteiger partial charge in [0.1, 0.15) is 5.82 Å². The molecule has 0 spiro atoms. The zero-order valence-corrected chi connectivity index (χ0v) is 17.2. The molecule has 2 saturated heterocycles. The highest BCUT2D eigenvalue weighted by molar-refractivity contribution is 5.79. The zero-order chi connectivity index (χ0) is 19.6. The van der Waals surface area contributed by atoms with Crippen LogP contribution in [0.4, 0.5) is 5.82 Å². The lowest BCUT2D eigenvalue weighted by atomic mass is 10.2. The van der Waals surface area contributed by atoms with Gasteiger partial charge < -0.3 is 29.9 Å². The Balaban J connectivity index is 1.41. The molecule has 8 nitrogen and oxygen atoms in total. The molecule has 156 valence electrons. The summed E-state index contributed by atoms with van der Waals surface area (Å²) in [6.45, 7) is 7.99. The summed E-state index contributed by atoms with van der Waals surface area (Å²) in [5, 5.41) is 6.76. The quantitative estimate of drug-likeness (QED) is 0.384. The van der Waals surface area contributed by atoms with Gasteiger partial charge in [-0.25, -0.2) is 4.98 Å². The van der Waals surface area contributed by atoms with Crippen LogP contribution in [0.1, 0.15) is 18.4 Å². The van der Waals surface area contributed by atoms with Gasteiger partial charge in [-0.3, -0.25) is 4.99 Å². The van der Waals surface area contributed by atoms with Gasteiger partial charge in [-0.15, -0.1) is 0 Å². The molecule has 0 aromatic carbocycles. The number of hydrogen-bond acceptors (Lipinski definition) is 6.